The van der Waals surface area contributed by atoms with Gasteiger partial charge in [-0.15, -0.1) is 0 Å². The molecule has 1 aromatic carbocycles. The summed E-state index contributed by atoms with van der Waals surface area (Å²) in [5, 5.41) is 2.59. The predicted molar refractivity (Wildman–Crippen MR) is 57.2 cm³/mol. The first kappa shape index (κ1) is 10.4. The molecule has 16 heavy (non-hydrogen) atoms. The summed E-state index contributed by atoms with van der Waals surface area (Å²) in [5.74, 6) is -0.591. The van der Waals surface area contributed by atoms with Crippen molar-refractivity contribution in [3.63, 3.8) is 0 Å². The fourth-order valence-electron chi connectivity index (χ4n) is 1.55. The number of ether oxygens (including phenoxy) is 1. The highest BCUT2D eigenvalue weighted by Gasteiger charge is 2.32. The van der Waals surface area contributed by atoms with Crippen LogP contribution in [0.5, 0.6) is 0 Å². The van der Waals surface area contributed by atoms with Gasteiger partial charge in [-0.2, -0.15) is 4.99 Å². The lowest BCUT2D eigenvalue weighted by atomic mass is 10.0. The Kier molecular flexibility index (Phi) is 2.68. The zero-order valence-corrected chi connectivity index (χ0v) is 8.64. The van der Waals surface area contributed by atoms with Crippen molar-refractivity contribution in [2.45, 2.75) is 6.04 Å². The van der Waals surface area contributed by atoms with E-state index >= 15 is 0 Å². The molecule has 1 atom stereocenters. The van der Waals surface area contributed by atoms with Crippen molar-refractivity contribution in [1.29, 1.82) is 0 Å². The van der Waals surface area contributed by atoms with E-state index in [0.29, 0.717) is 0 Å². The number of aliphatic imine (C=N–C) groups is 1. The molecular formula is C11H10N2O3. The molecule has 5 nitrogen and oxygen atoms in total. The molecular weight excluding hydrogens is 208 g/mol. The Bertz CT molecular complexity index is 454. The van der Waals surface area contributed by atoms with E-state index in [4.69, 9.17) is 0 Å². The summed E-state index contributed by atoms with van der Waals surface area (Å²) in [6.45, 7) is 0. The minimum absolute atomic E-state index is 0.0960. The number of hydrogen-bond donors (Lipinski definition) is 1. The minimum Gasteiger partial charge on any atom is -0.464 e. The standard InChI is InChI=1S/C11H10N2O3/c1-16-10(14)9-8(12-11(15)13-9)7-5-3-2-4-6-7/h2-6,8H,1H3,(H,12,15). The molecule has 0 aliphatic carbocycles. The lowest BCUT2D eigenvalue weighted by Crippen LogP contribution is -2.28. The summed E-state index contributed by atoms with van der Waals surface area (Å²) in [7, 11) is 1.26. The second-order valence-electron chi connectivity index (χ2n) is 3.28. The van der Waals surface area contributed by atoms with Gasteiger partial charge in [0.2, 0.25) is 0 Å². The Labute approximate surface area is 92.1 Å². The Morgan fingerprint density at radius 1 is 1.38 bits per heavy atom. The van der Waals surface area contributed by atoms with Crippen molar-refractivity contribution in [3.8, 4) is 0 Å². The summed E-state index contributed by atoms with van der Waals surface area (Å²) in [6, 6.07) is 8.11. The molecule has 1 unspecified atom stereocenters. The van der Waals surface area contributed by atoms with E-state index < -0.39 is 18.0 Å². The molecule has 0 fully saturated rings. The largest absolute Gasteiger partial charge is 0.464 e. The van der Waals surface area contributed by atoms with Crippen LogP contribution in [0, 0.1) is 0 Å². The van der Waals surface area contributed by atoms with Crippen LogP contribution in [0.3, 0.4) is 0 Å². The van der Waals surface area contributed by atoms with Crippen molar-refractivity contribution in [1.82, 2.24) is 5.32 Å². The topological polar surface area (TPSA) is 67.8 Å². The number of carbonyl (C=O) groups excluding carboxylic acids is 2. The summed E-state index contributed by atoms with van der Waals surface area (Å²) in [6.07, 6.45) is 0. The van der Waals surface area contributed by atoms with Gasteiger partial charge in [0.25, 0.3) is 0 Å². The first-order chi connectivity index (χ1) is 7.72. The number of amides is 2. The molecule has 5 heteroatoms. The first-order valence-corrected chi connectivity index (χ1v) is 4.74. The van der Waals surface area contributed by atoms with E-state index in [0.717, 1.165) is 5.56 Å². The molecule has 2 rings (SSSR count). The van der Waals surface area contributed by atoms with Crippen LogP contribution in [-0.2, 0) is 9.53 Å². The second-order valence-corrected chi connectivity index (χ2v) is 3.28. The number of rotatable bonds is 2. The summed E-state index contributed by atoms with van der Waals surface area (Å²) in [4.78, 5) is 26.2. The van der Waals surface area contributed by atoms with Crippen molar-refractivity contribution in [2.24, 2.45) is 4.99 Å². The van der Waals surface area contributed by atoms with Gasteiger partial charge in [-0.05, 0) is 5.56 Å². The van der Waals surface area contributed by atoms with Gasteiger partial charge in [0, 0.05) is 0 Å². The smallest absolute Gasteiger partial charge is 0.355 e. The van der Waals surface area contributed by atoms with Crippen LogP contribution in [0.2, 0.25) is 0 Å². The molecule has 0 radical (unpaired) electrons. The maximum absolute atomic E-state index is 11.4. The third-order valence-electron chi connectivity index (χ3n) is 2.29. The lowest BCUT2D eigenvalue weighted by Gasteiger charge is -2.11. The normalized spacial score (nSPS) is 18.9. The molecule has 0 bridgehead atoms. The number of carbonyl (C=O) groups is 2. The maximum Gasteiger partial charge on any atom is 0.355 e. The molecule has 0 spiro atoms. The number of nitrogens with zero attached hydrogens (tertiary/aromatic N) is 1. The van der Waals surface area contributed by atoms with Crippen LogP contribution in [0.4, 0.5) is 4.79 Å². The molecule has 0 saturated heterocycles. The Hall–Kier alpha value is -2.17. The lowest BCUT2D eigenvalue weighted by molar-refractivity contribution is -0.132. The number of urea groups is 1. The van der Waals surface area contributed by atoms with Gasteiger partial charge in [0.15, 0.2) is 5.71 Å². The quantitative estimate of drug-likeness (QED) is 0.755. The van der Waals surface area contributed by atoms with E-state index in [9.17, 15) is 9.59 Å². The van der Waals surface area contributed by atoms with Gasteiger partial charge >= 0.3 is 12.0 Å². The Morgan fingerprint density at radius 3 is 2.69 bits per heavy atom. The van der Waals surface area contributed by atoms with Crippen LogP contribution < -0.4 is 5.32 Å². The summed E-state index contributed by atoms with van der Waals surface area (Å²) < 4.78 is 4.57. The van der Waals surface area contributed by atoms with Gasteiger partial charge in [-0.3, -0.25) is 0 Å². The average Bonchev–Trinajstić information content (AvgIpc) is 2.71. The van der Waals surface area contributed by atoms with E-state index in [1.807, 2.05) is 30.3 Å². The molecule has 1 aliphatic heterocycles. The fraction of sp³-hybridized carbons (Fsp3) is 0.182. The Morgan fingerprint density at radius 2 is 2.06 bits per heavy atom. The van der Waals surface area contributed by atoms with E-state index in [-0.39, 0.29) is 5.71 Å². The average molecular weight is 218 g/mol. The highest BCUT2D eigenvalue weighted by atomic mass is 16.5. The van der Waals surface area contributed by atoms with Gasteiger partial charge in [-0.1, -0.05) is 30.3 Å². The number of methoxy groups -OCH3 is 1. The van der Waals surface area contributed by atoms with Gasteiger partial charge < -0.3 is 10.1 Å². The van der Waals surface area contributed by atoms with Crippen LogP contribution in [0.15, 0.2) is 35.3 Å². The van der Waals surface area contributed by atoms with E-state index in [1.54, 1.807) is 0 Å². The number of hydrogen-bond acceptors (Lipinski definition) is 3. The molecule has 1 aliphatic rings. The predicted octanol–water partition coefficient (Wildman–Crippen LogP) is 1.06. The van der Waals surface area contributed by atoms with Crippen LogP contribution in [-0.4, -0.2) is 24.8 Å². The monoisotopic (exact) mass is 218 g/mol. The highest BCUT2D eigenvalue weighted by molar-refractivity contribution is 6.41. The molecule has 1 N–H and O–H groups in total. The number of nitrogens with one attached hydrogen (secondary N) is 1. The van der Waals surface area contributed by atoms with Gasteiger partial charge in [-0.25, -0.2) is 9.59 Å². The third-order valence-corrected chi connectivity index (χ3v) is 2.29. The highest BCUT2D eigenvalue weighted by Crippen LogP contribution is 2.19. The van der Waals surface area contributed by atoms with Crippen molar-refractivity contribution in [2.75, 3.05) is 7.11 Å². The summed E-state index contributed by atoms with van der Waals surface area (Å²) >= 11 is 0. The molecule has 0 aromatic heterocycles. The molecule has 1 aromatic rings. The van der Waals surface area contributed by atoms with Crippen molar-refractivity contribution in [3.05, 3.63) is 35.9 Å². The SMILES string of the molecule is COC(=O)C1=NC(=O)NC1c1ccccc1. The molecule has 2 amide bonds. The minimum atomic E-state index is -0.591. The molecule has 1 heterocycles. The van der Waals surface area contributed by atoms with E-state index in [1.165, 1.54) is 7.11 Å². The third kappa shape index (κ3) is 1.79. The van der Waals surface area contributed by atoms with Gasteiger partial charge in [0.1, 0.15) is 6.04 Å². The second kappa shape index (κ2) is 4.14. The zero-order valence-electron chi connectivity index (χ0n) is 8.64. The van der Waals surface area contributed by atoms with E-state index in [2.05, 4.69) is 15.0 Å². The fourth-order valence-corrected chi connectivity index (χ4v) is 1.55. The van der Waals surface area contributed by atoms with Crippen molar-refractivity contribution < 1.29 is 14.3 Å². The van der Waals surface area contributed by atoms with Crippen LogP contribution in [0.25, 0.3) is 0 Å². The zero-order chi connectivity index (χ0) is 11.5. The van der Waals surface area contributed by atoms with Crippen LogP contribution in [0.1, 0.15) is 11.6 Å². The maximum atomic E-state index is 11.4. The Balaban J connectivity index is 2.33. The van der Waals surface area contributed by atoms with Crippen LogP contribution >= 0.6 is 0 Å². The molecule has 82 valence electrons. The number of benzene rings is 1. The summed E-state index contributed by atoms with van der Waals surface area (Å²) in [5.41, 5.74) is 0.899. The van der Waals surface area contributed by atoms with Crippen molar-refractivity contribution >= 4 is 17.7 Å². The number of esters is 1. The first-order valence-electron chi connectivity index (χ1n) is 4.74. The molecule has 0 saturated carbocycles. The van der Waals surface area contributed by atoms with Gasteiger partial charge in [0.05, 0.1) is 7.11 Å².